The van der Waals surface area contributed by atoms with Crippen LogP contribution in [0.1, 0.15) is 11.1 Å². The van der Waals surface area contributed by atoms with Crippen molar-refractivity contribution in [3.05, 3.63) is 65.7 Å². The molecule has 114 valence electrons. The molecule has 2 rings (SSSR count). The zero-order valence-corrected chi connectivity index (χ0v) is 11.9. The summed E-state index contributed by atoms with van der Waals surface area (Å²) in [5, 5.41) is 2.70. The summed E-state index contributed by atoms with van der Waals surface area (Å²) in [5.74, 6) is -0.324. The lowest BCUT2D eigenvalue weighted by molar-refractivity contribution is -0.111. The second kappa shape index (κ2) is 7.36. The predicted octanol–water partition coefficient (Wildman–Crippen LogP) is 4.25. The third-order valence-corrected chi connectivity index (χ3v) is 2.83. The standard InChI is InChI=1S/C17H15F2NO2/c1-12-5-4-7-14(11-12)20-16(21)10-9-13-6-2-3-8-15(13)22-17(18)19/h2-11,17H,1H3,(H,20,21)/b10-9+. The maximum absolute atomic E-state index is 12.3. The Balaban J connectivity index is 2.07. The highest BCUT2D eigenvalue weighted by atomic mass is 19.3. The number of amides is 1. The highest BCUT2D eigenvalue weighted by Gasteiger charge is 2.07. The topological polar surface area (TPSA) is 38.3 Å². The Bertz CT molecular complexity index is 684. The number of hydrogen-bond donors (Lipinski definition) is 1. The number of nitrogens with one attached hydrogen (secondary N) is 1. The molecule has 0 unspecified atom stereocenters. The molecule has 0 aliphatic rings. The average molecular weight is 303 g/mol. The van der Waals surface area contributed by atoms with Gasteiger partial charge in [-0.15, -0.1) is 0 Å². The number of ether oxygens (including phenoxy) is 1. The van der Waals surface area contributed by atoms with Gasteiger partial charge in [-0.25, -0.2) is 0 Å². The van der Waals surface area contributed by atoms with Crippen molar-refractivity contribution in [2.45, 2.75) is 13.5 Å². The van der Waals surface area contributed by atoms with E-state index in [4.69, 9.17) is 0 Å². The molecular formula is C17H15F2NO2. The Kier molecular flexibility index (Phi) is 5.25. The molecule has 0 atom stereocenters. The van der Waals surface area contributed by atoms with E-state index in [0.29, 0.717) is 11.3 Å². The van der Waals surface area contributed by atoms with E-state index in [1.807, 2.05) is 25.1 Å². The SMILES string of the molecule is Cc1cccc(NC(=O)/C=C/c2ccccc2OC(F)F)c1. The Morgan fingerprint density at radius 3 is 2.68 bits per heavy atom. The number of benzene rings is 2. The minimum atomic E-state index is -2.91. The molecule has 0 aliphatic heterocycles. The maximum Gasteiger partial charge on any atom is 0.387 e. The van der Waals surface area contributed by atoms with Crippen molar-refractivity contribution < 1.29 is 18.3 Å². The first kappa shape index (κ1) is 15.7. The quantitative estimate of drug-likeness (QED) is 0.839. The molecule has 0 spiro atoms. The molecule has 0 bridgehead atoms. The molecule has 3 nitrogen and oxygen atoms in total. The van der Waals surface area contributed by atoms with Crippen LogP contribution in [-0.2, 0) is 4.79 Å². The third kappa shape index (κ3) is 4.70. The molecule has 0 fully saturated rings. The molecule has 0 heterocycles. The summed E-state index contributed by atoms with van der Waals surface area (Å²) >= 11 is 0. The molecule has 0 radical (unpaired) electrons. The van der Waals surface area contributed by atoms with Crippen LogP contribution in [0.5, 0.6) is 5.75 Å². The van der Waals surface area contributed by atoms with Gasteiger partial charge in [0.2, 0.25) is 5.91 Å². The number of anilines is 1. The Morgan fingerprint density at radius 1 is 1.18 bits per heavy atom. The van der Waals surface area contributed by atoms with E-state index >= 15 is 0 Å². The smallest absolute Gasteiger partial charge is 0.387 e. The van der Waals surface area contributed by atoms with Crippen LogP contribution in [0.25, 0.3) is 6.08 Å². The van der Waals surface area contributed by atoms with Crippen molar-refractivity contribution in [1.29, 1.82) is 0 Å². The Labute approximate surface area is 127 Å². The van der Waals surface area contributed by atoms with Crippen molar-refractivity contribution in [1.82, 2.24) is 0 Å². The predicted molar refractivity (Wildman–Crippen MR) is 81.9 cm³/mol. The third-order valence-electron chi connectivity index (χ3n) is 2.83. The normalized spacial score (nSPS) is 10.9. The fourth-order valence-electron chi connectivity index (χ4n) is 1.89. The number of para-hydroxylation sites is 1. The molecule has 22 heavy (non-hydrogen) atoms. The van der Waals surface area contributed by atoms with Crippen LogP contribution in [0.15, 0.2) is 54.6 Å². The van der Waals surface area contributed by atoms with E-state index in [2.05, 4.69) is 10.1 Å². The zero-order chi connectivity index (χ0) is 15.9. The number of hydrogen-bond acceptors (Lipinski definition) is 2. The summed E-state index contributed by atoms with van der Waals surface area (Å²) in [6.45, 7) is -0.987. The largest absolute Gasteiger partial charge is 0.434 e. The summed E-state index contributed by atoms with van der Waals surface area (Å²) in [5.41, 5.74) is 2.10. The van der Waals surface area contributed by atoms with Crippen molar-refractivity contribution in [3.63, 3.8) is 0 Å². The monoisotopic (exact) mass is 303 g/mol. The van der Waals surface area contributed by atoms with Crippen LogP contribution in [0, 0.1) is 6.92 Å². The van der Waals surface area contributed by atoms with E-state index in [9.17, 15) is 13.6 Å². The van der Waals surface area contributed by atoms with Gasteiger partial charge < -0.3 is 10.1 Å². The van der Waals surface area contributed by atoms with Gasteiger partial charge in [-0.05, 0) is 36.8 Å². The van der Waals surface area contributed by atoms with Crippen molar-refractivity contribution >= 4 is 17.7 Å². The fourth-order valence-corrected chi connectivity index (χ4v) is 1.89. The maximum atomic E-state index is 12.3. The summed E-state index contributed by atoms with van der Waals surface area (Å²) in [7, 11) is 0. The van der Waals surface area contributed by atoms with Crippen LogP contribution in [0.4, 0.5) is 14.5 Å². The van der Waals surface area contributed by atoms with Crippen LogP contribution in [0.3, 0.4) is 0 Å². The molecule has 0 aromatic heterocycles. The summed E-state index contributed by atoms with van der Waals surface area (Å²) in [4.78, 5) is 11.8. The van der Waals surface area contributed by atoms with Crippen LogP contribution in [0.2, 0.25) is 0 Å². The number of alkyl halides is 2. The lowest BCUT2D eigenvalue weighted by Gasteiger charge is -2.07. The summed E-state index contributed by atoms with van der Waals surface area (Å²) in [6, 6.07) is 13.6. The second-order valence-corrected chi connectivity index (χ2v) is 4.61. The summed E-state index contributed by atoms with van der Waals surface area (Å²) in [6.07, 6.45) is 2.71. The first-order chi connectivity index (χ1) is 10.5. The molecule has 0 saturated carbocycles. The minimum Gasteiger partial charge on any atom is -0.434 e. The molecule has 5 heteroatoms. The van der Waals surface area contributed by atoms with E-state index in [-0.39, 0.29) is 11.7 Å². The molecule has 0 aliphatic carbocycles. The molecule has 2 aromatic carbocycles. The summed E-state index contributed by atoms with van der Waals surface area (Å²) < 4.78 is 29.0. The molecule has 1 N–H and O–H groups in total. The van der Waals surface area contributed by atoms with Crippen LogP contribution in [-0.4, -0.2) is 12.5 Å². The van der Waals surface area contributed by atoms with E-state index < -0.39 is 6.61 Å². The average Bonchev–Trinajstić information content (AvgIpc) is 2.46. The lowest BCUT2D eigenvalue weighted by atomic mass is 10.2. The molecule has 0 saturated heterocycles. The van der Waals surface area contributed by atoms with E-state index in [0.717, 1.165) is 5.56 Å². The van der Waals surface area contributed by atoms with Gasteiger partial charge >= 0.3 is 6.61 Å². The van der Waals surface area contributed by atoms with Gasteiger partial charge in [-0.2, -0.15) is 8.78 Å². The molecular weight excluding hydrogens is 288 g/mol. The fraction of sp³-hybridized carbons (Fsp3) is 0.118. The van der Waals surface area contributed by atoms with Crippen molar-refractivity contribution in [2.75, 3.05) is 5.32 Å². The second-order valence-electron chi connectivity index (χ2n) is 4.61. The number of carbonyl (C=O) groups is 1. The van der Waals surface area contributed by atoms with Crippen molar-refractivity contribution in [3.8, 4) is 5.75 Å². The van der Waals surface area contributed by atoms with Crippen LogP contribution >= 0.6 is 0 Å². The minimum absolute atomic E-state index is 0.0251. The van der Waals surface area contributed by atoms with Gasteiger partial charge in [0, 0.05) is 17.3 Å². The van der Waals surface area contributed by atoms with Gasteiger partial charge in [0.25, 0.3) is 0 Å². The number of carbonyl (C=O) groups excluding carboxylic acids is 1. The van der Waals surface area contributed by atoms with Crippen molar-refractivity contribution in [2.24, 2.45) is 0 Å². The van der Waals surface area contributed by atoms with Gasteiger partial charge in [0.1, 0.15) is 5.75 Å². The van der Waals surface area contributed by atoms with Gasteiger partial charge in [0.05, 0.1) is 0 Å². The van der Waals surface area contributed by atoms with Crippen LogP contribution < -0.4 is 10.1 Å². The number of rotatable bonds is 5. The van der Waals surface area contributed by atoms with Gasteiger partial charge in [-0.3, -0.25) is 4.79 Å². The first-order valence-electron chi connectivity index (χ1n) is 6.64. The zero-order valence-electron chi connectivity index (χ0n) is 11.9. The highest BCUT2D eigenvalue weighted by molar-refractivity contribution is 6.02. The number of halogens is 2. The first-order valence-corrected chi connectivity index (χ1v) is 6.64. The lowest BCUT2D eigenvalue weighted by Crippen LogP contribution is -2.08. The van der Waals surface area contributed by atoms with Gasteiger partial charge in [0.15, 0.2) is 0 Å². The highest BCUT2D eigenvalue weighted by Crippen LogP contribution is 2.21. The Morgan fingerprint density at radius 2 is 1.95 bits per heavy atom. The Hall–Kier alpha value is -2.69. The molecule has 1 amide bonds. The number of aryl methyl sites for hydroxylation is 1. The molecule has 2 aromatic rings. The van der Waals surface area contributed by atoms with E-state index in [1.165, 1.54) is 18.2 Å². The van der Waals surface area contributed by atoms with Gasteiger partial charge in [-0.1, -0.05) is 30.3 Å². The van der Waals surface area contributed by atoms with E-state index in [1.54, 1.807) is 24.3 Å².